The minimum atomic E-state index is -4.33. The SMILES string of the molecule is NC1(c2nc(-c3ccc(C(F)(F)F)cc3)co2)CC1. The molecule has 6 heteroatoms. The van der Waals surface area contributed by atoms with Crippen molar-refractivity contribution in [3.8, 4) is 11.3 Å². The van der Waals surface area contributed by atoms with Gasteiger partial charge >= 0.3 is 6.18 Å². The summed E-state index contributed by atoms with van der Waals surface area (Å²) in [7, 11) is 0. The Kier molecular flexibility index (Phi) is 2.47. The second kappa shape index (κ2) is 3.84. The minimum absolute atomic E-state index is 0.447. The van der Waals surface area contributed by atoms with E-state index in [0.717, 1.165) is 25.0 Å². The van der Waals surface area contributed by atoms with Gasteiger partial charge in [-0.25, -0.2) is 4.98 Å². The van der Waals surface area contributed by atoms with Crippen molar-refractivity contribution in [1.82, 2.24) is 4.98 Å². The first-order chi connectivity index (χ1) is 8.88. The van der Waals surface area contributed by atoms with Gasteiger partial charge in [0, 0.05) is 5.56 Å². The van der Waals surface area contributed by atoms with E-state index >= 15 is 0 Å². The molecule has 1 aromatic carbocycles. The summed E-state index contributed by atoms with van der Waals surface area (Å²) in [6, 6.07) is 4.80. The molecule has 3 rings (SSSR count). The molecule has 0 unspecified atom stereocenters. The van der Waals surface area contributed by atoms with Crippen LogP contribution >= 0.6 is 0 Å². The number of halogens is 3. The van der Waals surface area contributed by atoms with Crippen molar-refractivity contribution in [3.63, 3.8) is 0 Å². The van der Waals surface area contributed by atoms with Gasteiger partial charge < -0.3 is 10.2 Å². The first-order valence-corrected chi connectivity index (χ1v) is 5.81. The number of benzene rings is 1. The number of nitrogens with zero attached hydrogens (tertiary/aromatic N) is 1. The lowest BCUT2D eigenvalue weighted by molar-refractivity contribution is -0.137. The molecule has 0 aliphatic heterocycles. The Morgan fingerprint density at radius 1 is 1.16 bits per heavy atom. The van der Waals surface area contributed by atoms with Crippen molar-refractivity contribution < 1.29 is 17.6 Å². The molecule has 1 aromatic heterocycles. The molecule has 0 atom stereocenters. The largest absolute Gasteiger partial charge is 0.446 e. The molecule has 0 amide bonds. The molecule has 0 spiro atoms. The summed E-state index contributed by atoms with van der Waals surface area (Å²) in [5.74, 6) is 0.447. The Bertz CT molecular complexity index is 597. The molecular formula is C13H11F3N2O. The van der Waals surface area contributed by atoms with E-state index in [4.69, 9.17) is 10.2 Å². The van der Waals surface area contributed by atoms with Crippen molar-refractivity contribution in [2.45, 2.75) is 24.6 Å². The predicted octanol–water partition coefficient (Wildman–Crippen LogP) is 3.31. The second-order valence-corrected chi connectivity index (χ2v) is 4.77. The van der Waals surface area contributed by atoms with Crippen LogP contribution in [0.2, 0.25) is 0 Å². The maximum atomic E-state index is 12.4. The van der Waals surface area contributed by atoms with E-state index in [1.165, 1.54) is 18.4 Å². The molecule has 0 radical (unpaired) electrons. The third-order valence-corrected chi connectivity index (χ3v) is 3.23. The van der Waals surface area contributed by atoms with Crippen LogP contribution in [0.15, 0.2) is 34.9 Å². The molecule has 1 saturated carbocycles. The summed E-state index contributed by atoms with van der Waals surface area (Å²) >= 11 is 0. The van der Waals surface area contributed by atoms with E-state index in [1.54, 1.807) is 0 Å². The molecule has 1 heterocycles. The zero-order valence-corrected chi connectivity index (χ0v) is 9.87. The maximum absolute atomic E-state index is 12.4. The third-order valence-electron chi connectivity index (χ3n) is 3.23. The number of hydrogen-bond donors (Lipinski definition) is 1. The van der Waals surface area contributed by atoms with Crippen LogP contribution in [0.1, 0.15) is 24.3 Å². The number of oxazole rings is 1. The first-order valence-electron chi connectivity index (χ1n) is 5.81. The Hall–Kier alpha value is -1.82. The lowest BCUT2D eigenvalue weighted by Crippen LogP contribution is -2.18. The van der Waals surface area contributed by atoms with Gasteiger partial charge in [0.1, 0.15) is 12.0 Å². The van der Waals surface area contributed by atoms with Gasteiger partial charge in [-0.1, -0.05) is 12.1 Å². The van der Waals surface area contributed by atoms with E-state index in [-0.39, 0.29) is 0 Å². The van der Waals surface area contributed by atoms with Crippen molar-refractivity contribution in [3.05, 3.63) is 42.0 Å². The highest BCUT2D eigenvalue weighted by atomic mass is 19.4. The summed E-state index contributed by atoms with van der Waals surface area (Å²) in [6.07, 6.45) is -1.27. The highest BCUT2D eigenvalue weighted by Gasteiger charge is 2.44. The van der Waals surface area contributed by atoms with Gasteiger partial charge in [0.05, 0.1) is 11.1 Å². The molecule has 0 saturated heterocycles. The van der Waals surface area contributed by atoms with Gasteiger partial charge in [0.25, 0.3) is 0 Å². The van der Waals surface area contributed by atoms with E-state index < -0.39 is 17.3 Å². The van der Waals surface area contributed by atoms with Gasteiger partial charge in [0.15, 0.2) is 0 Å². The van der Waals surface area contributed by atoms with Crippen LogP contribution in [0.5, 0.6) is 0 Å². The lowest BCUT2D eigenvalue weighted by atomic mass is 10.1. The van der Waals surface area contributed by atoms with Gasteiger partial charge in [-0.2, -0.15) is 13.2 Å². The van der Waals surface area contributed by atoms with Crippen LogP contribution in [0, 0.1) is 0 Å². The molecule has 2 N–H and O–H groups in total. The quantitative estimate of drug-likeness (QED) is 0.909. The molecule has 1 aliphatic carbocycles. The van der Waals surface area contributed by atoms with Crippen molar-refractivity contribution >= 4 is 0 Å². The zero-order chi connectivity index (χ0) is 13.7. The number of alkyl halides is 3. The Labute approximate surface area is 107 Å². The van der Waals surface area contributed by atoms with Crippen LogP contribution in [0.4, 0.5) is 13.2 Å². The highest BCUT2D eigenvalue weighted by molar-refractivity contribution is 5.58. The molecule has 19 heavy (non-hydrogen) atoms. The van der Waals surface area contributed by atoms with Crippen LogP contribution in [0.25, 0.3) is 11.3 Å². The Morgan fingerprint density at radius 2 is 1.79 bits per heavy atom. The second-order valence-electron chi connectivity index (χ2n) is 4.77. The van der Waals surface area contributed by atoms with Crippen LogP contribution in [-0.2, 0) is 11.7 Å². The highest BCUT2D eigenvalue weighted by Crippen LogP contribution is 2.42. The standard InChI is InChI=1S/C13H11F3N2O/c14-13(15,16)9-3-1-8(2-4-9)10-7-19-11(18-10)12(17)5-6-12/h1-4,7H,5-6,17H2. The number of nitrogens with two attached hydrogens (primary N) is 1. The molecule has 100 valence electrons. The molecule has 2 aromatic rings. The normalized spacial score (nSPS) is 17.5. The summed E-state index contributed by atoms with van der Waals surface area (Å²) in [5.41, 5.74) is 5.85. The topological polar surface area (TPSA) is 52.0 Å². The maximum Gasteiger partial charge on any atom is 0.416 e. The third kappa shape index (κ3) is 2.23. The summed E-state index contributed by atoms with van der Waals surface area (Å²) in [4.78, 5) is 4.23. The molecule has 3 nitrogen and oxygen atoms in total. The predicted molar refractivity (Wildman–Crippen MR) is 62.0 cm³/mol. The zero-order valence-electron chi connectivity index (χ0n) is 9.87. The molecule has 1 aliphatic rings. The monoisotopic (exact) mass is 268 g/mol. The number of aromatic nitrogens is 1. The van der Waals surface area contributed by atoms with Gasteiger partial charge in [0.2, 0.25) is 5.89 Å². The fourth-order valence-corrected chi connectivity index (χ4v) is 1.81. The lowest BCUT2D eigenvalue weighted by Gasteiger charge is -2.06. The van der Waals surface area contributed by atoms with Gasteiger partial charge in [-0.05, 0) is 25.0 Å². The van der Waals surface area contributed by atoms with Crippen molar-refractivity contribution in [2.24, 2.45) is 5.73 Å². The van der Waals surface area contributed by atoms with E-state index in [9.17, 15) is 13.2 Å². The smallest absolute Gasteiger partial charge is 0.416 e. The van der Waals surface area contributed by atoms with E-state index in [1.807, 2.05) is 0 Å². The fourth-order valence-electron chi connectivity index (χ4n) is 1.81. The molecule has 0 bridgehead atoms. The summed E-state index contributed by atoms with van der Waals surface area (Å²) < 4.78 is 42.6. The van der Waals surface area contributed by atoms with Crippen LogP contribution in [0.3, 0.4) is 0 Å². The molecular weight excluding hydrogens is 257 g/mol. The average molecular weight is 268 g/mol. The average Bonchev–Trinajstić information content (AvgIpc) is 2.93. The van der Waals surface area contributed by atoms with Crippen LogP contribution in [-0.4, -0.2) is 4.98 Å². The van der Waals surface area contributed by atoms with E-state index in [0.29, 0.717) is 17.1 Å². The Balaban J connectivity index is 1.88. The minimum Gasteiger partial charge on any atom is -0.446 e. The van der Waals surface area contributed by atoms with Crippen molar-refractivity contribution in [1.29, 1.82) is 0 Å². The van der Waals surface area contributed by atoms with E-state index in [2.05, 4.69) is 4.98 Å². The number of rotatable bonds is 2. The van der Waals surface area contributed by atoms with Gasteiger partial charge in [-0.15, -0.1) is 0 Å². The summed E-state index contributed by atoms with van der Waals surface area (Å²) in [5, 5.41) is 0. The van der Waals surface area contributed by atoms with Crippen molar-refractivity contribution in [2.75, 3.05) is 0 Å². The Morgan fingerprint density at radius 3 is 2.32 bits per heavy atom. The number of hydrogen-bond acceptors (Lipinski definition) is 3. The summed E-state index contributed by atoms with van der Waals surface area (Å²) in [6.45, 7) is 0. The first kappa shape index (κ1) is 12.2. The fraction of sp³-hybridized carbons (Fsp3) is 0.308. The van der Waals surface area contributed by atoms with Crippen LogP contribution < -0.4 is 5.73 Å². The molecule has 1 fully saturated rings. The van der Waals surface area contributed by atoms with Gasteiger partial charge in [-0.3, -0.25) is 0 Å².